The monoisotopic (exact) mass is 690 g/mol. The van der Waals surface area contributed by atoms with Crippen LogP contribution in [-0.4, -0.2) is 118 Å². The summed E-state index contributed by atoms with van der Waals surface area (Å²) < 4.78 is 0. The molecule has 50 heavy (non-hydrogen) atoms. The van der Waals surface area contributed by atoms with Crippen molar-refractivity contribution in [2.24, 2.45) is 0 Å². The third-order valence-corrected chi connectivity index (χ3v) is 11.1. The molecule has 2 unspecified atom stereocenters. The van der Waals surface area contributed by atoms with E-state index in [1.807, 2.05) is 9.80 Å². The van der Waals surface area contributed by atoms with E-state index < -0.39 is 24.0 Å². The number of aryl methyl sites for hydroxylation is 4. The fraction of sp³-hybridized carbons (Fsp3) is 0.684. The number of aromatic nitrogens is 2. The van der Waals surface area contributed by atoms with E-state index in [1.54, 1.807) is 0 Å². The van der Waals surface area contributed by atoms with Gasteiger partial charge in [-0.05, 0) is 120 Å². The van der Waals surface area contributed by atoms with Crippen LogP contribution in [0.2, 0.25) is 0 Å². The van der Waals surface area contributed by atoms with Crippen molar-refractivity contribution >= 4 is 23.6 Å². The summed E-state index contributed by atoms with van der Waals surface area (Å²) in [4.78, 5) is 38.1. The Hall–Kier alpha value is -3.32. The number of hydrogen-bond acceptors (Lipinski definition) is 10. The van der Waals surface area contributed by atoms with Crippen molar-refractivity contribution in [3.05, 3.63) is 46.8 Å². The van der Waals surface area contributed by atoms with Gasteiger partial charge in [0, 0.05) is 62.7 Å². The molecule has 6 N–H and O–H groups in total. The van der Waals surface area contributed by atoms with Crippen LogP contribution in [0.3, 0.4) is 0 Å². The van der Waals surface area contributed by atoms with Gasteiger partial charge in [0.15, 0.2) is 0 Å². The number of nitrogens with one attached hydrogen (secondary N) is 4. The van der Waals surface area contributed by atoms with Crippen LogP contribution in [0.15, 0.2) is 24.3 Å². The summed E-state index contributed by atoms with van der Waals surface area (Å²) in [6.07, 6.45) is 13.8. The van der Waals surface area contributed by atoms with Crippen LogP contribution in [-0.2, 0) is 35.3 Å². The van der Waals surface area contributed by atoms with E-state index in [2.05, 4.69) is 45.5 Å². The number of hydrogen-bond donors (Lipinski definition) is 6. The second kappa shape index (κ2) is 18.3. The molecule has 0 aliphatic carbocycles. The van der Waals surface area contributed by atoms with Gasteiger partial charge >= 0.3 is 11.9 Å². The first-order valence-corrected chi connectivity index (χ1v) is 19.3. The Balaban J connectivity index is 0.835. The van der Waals surface area contributed by atoms with Gasteiger partial charge < -0.3 is 31.5 Å². The molecule has 12 nitrogen and oxygen atoms in total. The first-order chi connectivity index (χ1) is 24.4. The highest BCUT2D eigenvalue weighted by molar-refractivity contribution is 5.78. The number of rotatable bonds is 19. The number of pyridine rings is 2. The number of carboxylic acid groups (broad SMARTS) is 2. The first kappa shape index (κ1) is 36.5. The normalized spacial score (nSPS) is 19.8. The molecule has 0 spiro atoms. The molecule has 6 heterocycles. The Bertz CT molecular complexity index is 1410. The predicted octanol–water partition coefficient (Wildman–Crippen LogP) is 3.55. The van der Waals surface area contributed by atoms with Gasteiger partial charge in [0.2, 0.25) is 0 Å². The Morgan fingerprint density at radius 2 is 1.24 bits per heavy atom. The van der Waals surface area contributed by atoms with Crippen molar-refractivity contribution in [1.82, 2.24) is 30.4 Å². The van der Waals surface area contributed by atoms with Gasteiger partial charge in [-0.3, -0.25) is 19.4 Å². The molecule has 0 bridgehead atoms. The number of nitrogens with zero attached hydrogens (tertiary/aromatic N) is 4. The fourth-order valence-corrected chi connectivity index (χ4v) is 8.00. The zero-order valence-electron chi connectivity index (χ0n) is 29.7. The molecule has 12 heteroatoms. The summed E-state index contributed by atoms with van der Waals surface area (Å²) in [5.74, 6) is 0.264. The molecule has 2 fully saturated rings. The molecule has 2 aromatic rings. The average Bonchev–Trinajstić information content (AvgIpc) is 3.11. The number of carbonyl (C=O) groups is 2. The molecule has 274 valence electrons. The molecule has 0 radical (unpaired) electrons. The molecule has 2 aromatic heterocycles. The quantitative estimate of drug-likeness (QED) is 0.120. The summed E-state index contributed by atoms with van der Waals surface area (Å²) >= 11 is 0. The number of fused-ring (bicyclic) bond motifs is 2. The lowest BCUT2D eigenvalue weighted by Gasteiger charge is -2.45. The summed E-state index contributed by atoms with van der Waals surface area (Å²) in [6.45, 7) is 6.46. The third kappa shape index (κ3) is 10.1. The fourth-order valence-electron chi connectivity index (χ4n) is 8.00. The highest BCUT2D eigenvalue weighted by Gasteiger charge is 2.40. The van der Waals surface area contributed by atoms with E-state index in [0.29, 0.717) is 32.2 Å². The lowest BCUT2D eigenvalue weighted by Crippen LogP contribution is -2.64. The van der Waals surface area contributed by atoms with E-state index in [4.69, 9.17) is 9.97 Å². The smallest absolute Gasteiger partial charge is 0.320 e. The van der Waals surface area contributed by atoms with Crippen LogP contribution >= 0.6 is 0 Å². The minimum Gasteiger partial charge on any atom is -0.480 e. The van der Waals surface area contributed by atoms with E-state index in [-0.39, 0.29) is 12.5 Å². The van der Waals surface area contributed by atoms with Crippen molar-refractivity contribution in [3.63, 3.8) is 0 Å². The van der Waals surface area contributed by atoms with Crippen LogP contribution in [0.5, 0.6) is 0 Å². The number of aliphatic carboxylic acids is 2. The largest absolute Gasteiger partial charge is 0.480 e. The Morgan fingerprint density at radius 1 is 0.720 bits per heavy atom. The lowest BCUT2D eigenvalue weighted by molar-refractivity contribution is -0.150. The molecule has 4 aliphatic rings. The maximum Gasteiger partial charge on any atom is 0.320 e. The topological polar surface area (TPSA) is 155 Å². The van der Waals surface area contributed by atoms with Crippen molar-refractivity contribution in [3.8, 4) is 0 Å². The molecule has 2 saturated heterocycles. The van der Waals surface area contributed by atoms with Crippen LogP contribution in [0, 0.1) is 0 Å². The van der Waals surface area contributed by atoms with Gasteiger partial charge in [-0.25, -0.2) is 9.97 Å². The Kier molecular flexibility index (Phi) is 13.3. The summed E-state index contributed by atoms with van der Waals surface area (Å²) in [5, 5.41) is 34.3. The van der Waals surface area contributed by atoms with Gasteiger partial charge in [0.05, 0.1) is 0 Å². The molecule has 0 aromatic carbocycles. The van der Waals surface area contributed by atoms with Crippen LogP contribution in [0.4, 0.5) is 11.6 Å². The Labute approximate surface area is 297 Å². The van der Waals surface area contributed by atoms with Crippen LogP contribution in [0.1, 0.15) is 86.7 Å². The summed E-state index contributed by atoms with van der Waals surface area (Å²) in [5.41, 5.74) is 4.95. The minimum absolute atomic E-state index is 0.105. The number of anilines is 2. The highest BCUT2D eigenvalue weighted by Crippen LogP contribution is 2.24. The number of carboxylic acids is 2. The van der Waals surface area contributed by atoms with E-state index in [0.717, 1.165) is 120 Å². The standard InChI is InChI=1S/C38H58N8O4/c47-37(48)33(45-22-16-29(17-23-45)39-19-5-3-11-31-15-13-28-9-7-21-42-36(28)44-31)24-34(38(49)50)46-25-32(26-46)40-18-4-1-2-10-30-14-12-27-8-6-20-41-35(27)43-30/h12-15,29,32-34,39-40H,1-11,16-26H2,(H,41,43)(H,42,44)(H,47,48)(H,49,50). The van der Waals surface area contributed by atoms with Crippen molar-refractivity contribution < 1.29 is 19.8 Å². The maximum atomic E-state index is 12.4. The van der Waals surface area contributed by atoms with Gasteiger partial charge in [0.1, 0.15) is 23.7 Å². The second-order valence-corrected chi connectivity index (χ2v) is 14.8. The zero-order chi connectivity index (χ0) is 34.7. The average molecular weight is 691 g/mol. The molecule has 0 saturated carbocycles. The molecule has 0 amide bonds. The SMILES string of the molecule is O=C(O)C(CC(C(=O)O)N1CC(NCCCCCc2ccc3c(n2)NCCC3)C1)N1CCC(NCCCCc2ccc3c(n2)NCCC3)CC1. The van der Waals surface area contributed by atoms with Crippen molar-refractivity contribution in [1.29, 1.82) is 0 Å². The second-order valence-electron chi connectivity index (χ2n) is 14.8. The van der Waals surface area contributed by atoms with E-state index >= 15 is 0 Å². The van der Waals surface area contributed by atoms with Crippen molar-refractivity contribution in [2.45, 2.75) is 114 Å². The van der Waals surface area contributed by atoms with Gasteiger partial charge in [-0.1, -0.05) is 18.6 Å². The Morgan fingerprint density at radius 3 is 1.82 bits per heavy atom. The summed E-state index contributed by atoms with van der Waals surface area (Å²) in [7, 11) is 0. The van der Waals surface area contributed by atoms with E-state index in [1.165, 1.54) is 24.0 Å². The van der Waals surface area contributed by atoms with Gasteiger partial charge in [-0.2, -0.15) is 0 Å². The van der Waals surface area contributed by atoms with Crippen molar-refractivity contribution in [2.75, 3.05) is 63.0 Å². The van der Waals surface area contributed by atoms with Gasteiger partial charge in [0.25, 0.3) is 0 Å². The highest BCUT2D eigenvalue weighted by atomic mass is 16.4. The minimum atomic E-state index is -0.931. The molecule has 4 aliphatic heterocycles. The molecule has 2 atom stereocenters. The molecule has 6 rings (SSSR count). The predicted molar refractivity (Wildman–Crippen MR) is 196 cm³/mol. The number of piperidine rings is 1. The molecular formula is C38H58N8O4. The van der Waals surface area contributed by atoms with Gasteiger partial charge in [-0.15, -0.1) is 0 Å². The number of likely N-dealkylation sites (tertiary alicyclic amines) is 2. The maximum absolute atomic E-state index is 12.4. The first-order valence-electron chi connectivity index (χ1n) is 19.3. The van der Waals surface area contributed by atoms with E-state index in [9.17, 15) is 19.8 Å². The lowest BCUT2D eigenvalue weighted by atomic mass is 9.96. The summed E-state index contributed by atoms with van der Waals surface area (Å²) in [6, 6.07) is 7.80. The van der Waals surface area contributed by atoms with Crippen LogP contribution in [0.25, 0.3) is 0 Å². The number of unbranched alkanes of at least 4 members (excludes halogenated alkanes) is 3. The zero-order valence-corrected chi connectivity index (χ0v) is 29.7. The third-order valence-electron chi connectivity index (χ3n) is 11.1. The molecular weight excluding hydrogens is 632 g/mol. The van der Waals surface area contributed by atoms with Crippen LogP contribution < -0.4 is 21.3 Å².